The second kappa shape index (κ2) is 5.48. The van der Waals surface area contributed by atoms with Gasteiger partial charge < -0.3 is 10.1 Å². The monoisotopic (exact) mass is 159 g/mol. The van der Waals surface area contributed by atoms with Crippen molar-refractivity contribution in [2.75, 3.05) is 20.3 Å². The first kappa shape index (κ1) is 9.70. The van der Waals surface area contributed by atoms with E-state index in [0.717, 1.165) is 0 Å². The van der Waals surface area contributed by atoms with Gasteiger partial charge in [0.05, 0.1) is 6.61 Å². The van der Waals surface area contributed by atoms with Gasteiger partial charge in [-0.05, 0) is 0 Å². The van der Waals surface area contributed by atoms with Gasteiger partial charge in [0, 0.05) is 13.7 Å². The summed E-state index contributed by atoms with van der Waals surface area (Å²) >= 11 is 0. The van der Waals surface area contributed by atoms with Crippen molar-refractivity contribution in [3.05, 3.63) is 0 Å². The van der Waals surface area contributed by atoms with Crippen LogP contribution in [0.2, 0.25) is 0 Å². The van der Waals surface area contributed by atoms with E-state index in [1.807, 2.05) is 0 Å². The molecule has 6 nitrogen and oxygen atoms in total. The lowest BCUT2D eigenvalue weighted by Gasteiger charge is -1.98. The second-order valence-electron chi connectivity index (χ2n) is 1.67. The number of hydrogen-bond acceptors (Lipinski definition) is 4. The van der Waals surface area contributed by atoms with Crippen LogP contribution in [0.15, 0.2) is 5.11 Å². The molecule has 0 aromatic rings. The predicted molar refractivity (Wildman–Crippen MR) is 35.0 cm³/mol. The molecule has 62 valence electrons. The van der Waals surface area contributed by atoms with Crippen LogP contribution in [0, 0.1) is 5.53 Å². The molecule has 0 saturated carbocycles. The zero-order valence-corrected chi connectivity index (χ0v) is 6.09. The minimum atomic E-state index is -1.10. The molecule has 0 saturated heterocycles. The minimum Gasteiger partial charge on any atom is -0.383 e. The van der Waals surface area contributed by atoms with Gasteiger partial charge in [-0.2, -0.15) is 0 Å². The Hall–Kier alpha value is -1.30. The Kier molecular flexibility index (Phi) is 4.83. The zero-order chi connectivity index (χ0) is 8.69. The smallest absolute Gasteiger partial charge is 0.352 e. The first-order chi connectivity index (χ1) is 5.22. The lowest BCUT2D eigenvalue weighted by Crippen LogP contribution is -2.32. The summed E-state index contributed by atoms with van der Waals surface area (Å²) in [5.41, 5.74) is 6.20. The third-order valence-electron chi connectivity index (χ3n) is 0.888. The van der Waals surface area contributed by atoms with Crippen molar-refractivity contribution >= 4 is 11.8 Å². The highest BCUT2D eigenvalue weighted by Crippen LogP contribution is 1.73. The first-order valence-corrected chi connectivity index (χ1v) is 2.91. The largest absolute Gasteiger partial charge is 0.383 e. The number of amides is 2. The highest BCUT2D eigenvalue weighted by Gasteiger charge is 2.09. The number of nitrogens with one attached hydrogen (secondary N) is 2. The molecular weight excluding hydrogens is 150 g/mol. The first-order valence-electron chi connectivity index (χ1n) is 2.91. The maximum Gasteiger partial charge on any atom is 0.352 e. The number of carbonyl (C=O) groups is 2. The molecule has 0 unspecified atom stereocenters. The molecule has 0 fully saturated rings. The molecule has 0 aromatic carbocycles. The molecule has 2 amide bonds. The third-order valence-corrected chi connectivity index (χ3v) is 0.888. The van der Waals surface area contributed by atoms with Gasteiger partial charge in [0.25, 0.3) is 0 Å². The topological polar surface area (TPSA) is 91.6 Å². The number of rotatable bonds is 3. The van der Waals surface area contributed by atoms with Gasteiger partial charge in [-0.1, -0.05) is 0 Å². The number of carbonyl (C=O) groups excluding carboxylic acids is 2. The van der Waals surface area contributed by atoms with E-state index >= 15 is 0 Å². The van der Waals surface area contributed by atoms with E-state index in [2.05, 4.69) is 15.2 Å². The van der Waals surface area contributed by atoms with E-state index in [-0.39, 0.29) is 6.54 Å². The van der Waals surface area contributed by atoms with E-state index in [1.54, 1.807) is 0 Å². The van der Waals surface area contributed by atoms with Crippen LogP contribution in [-0.2, 0) is 14.3 Å². The lowest BCUT2D eigenvalue weighted by molar-refractivity contribution is -0.137. The van der Waals surface area contributed by atoms with E-state index < -0.39 is 11.8 Å². The Balaban J connectivity index is 3.52. The van der Waals surface area contributed by atoms with Crippen molar-refractivity contribution in [3.8, 4) is 0 Å². The molecule has 0 bridgehead atoms. The summed E-state index contributed by atoms with van der Waals surface area (Å²) < 4.78 is 4.60. The van der Waals surface area contributed by atoms with Gasteiger partial charge in [0.1, 0.15) is 0 Å². The summed E-state index contributed by atoms with van der Waals surface area (Å²) in [6.45, 7) is 0.577. The van der Waals surface area contributed by atoms with Crippen molar-refractivity contribution in [2.45, 2.75) is 0 Å². The SMILES string of the molecule is COCCNC(=O)C(=O)N=N. The molecule has 11 heavy (non-hydrogen) atoms. The zero-order valence-electron chi connectivity index (χ0n) is 6.09. The van der Waals surface area contributed by atoms with E-state index in [4.69, 9.17) is 5.53 Å². The van der Waals surface area contributed by atoms with Crippen LogP contribution in [0.1, 0.15) is 0 Å². The quantitative estimate of drug-likeness (QED) is 0.324. The average molecular weight is 159 g/mol. The number of hydrogen-bond donors (Lipinski definition) is 2. The second-order valence-corrected chi connectivity index (χ2v) is 1.67. The van der Waals surface area contributed by atoms with Crippen LogP contribution in [0.25, 0.3) is 0 Å². The lowest BCUT2D eigenvalue weighted by atomic mass is 10.5. The third kappa shape index (κ3) is 4.15. The molecule has 0 rings (SSSR count). The fourth-order valence-corrected chi connectivity index (χ4v) is 0.393. The summed E-state index contributed by atoms with van der Waals surface area (Å²) in [5, 5.41) is 4.63. The van der Waals surface area contributed by atoms with E-state index in [1.165, 1.54) is 7.11 Å². The van der Waals surface area contributed by atoms with Crippen LogP contribution in [-0.4, -0.2) is 32.1 Å². The Bertz CT molecular complexity index is 168. The van der Waals surface area contributed by atoms with Gasteiger partial charge in [0.2, 0.25) is 0 Å². The average Bonchev–Trinajstić information content (AvgIpc) is 2.03. The van der Waals surface area contributed by atoms with Crippen LogP contribution < -0.4 is 5.32 Å². The van der Waals surface area contributed by atoms with E-state index in [9.17, 15) is 9.59 Å². The van der Waals surface area contributed by atoms with Gasteiger partial charge >= 0.3 is 11.8 Å². The number of nitrogens with zero attached hydrogens (tertiary/aromatic N) is 1. The Morgan fingerprint density at radius 2 is 2.27 bits per heavy atom. The van der Waals surface area contributed by atoms with Crippen molar-refractivity contribution in [2.24, 2.45) is 5.11 Å². The predicted octanol–water partition coefficient (Wildman–Crippen LogP) is -0.693. The highest BCUT2D eigenvalue weighted by atomic mass is 16.5. The molecule has 0 spiro atoms. The fraction of sp³-hybridized carbons (Fsp3) is 0.600. The Morgan fingerprint density at radius 3 is 2.73 bits per heavy atom. The Morgan fingerprint density at radius 1 is 1.64 bits per heavy atom. The van der Waals surface area contributed by atoms with Crippen molar-refractivity contribution in [1.82, 2.24) is 5.32 Å². The normalized spacial score (nSPS) is 8.82. The standard InChI is InChI=1S/C5H9N3O3/c1-11-3-2-7-4(9)5(10)8-6/h6H,2-3H2,1H3,(H,7,9). The molecule has 6 heteroatoms. The van der Waals surface area contributed by atoms with Gasteiger partial charge in [-0.15, -0.1) is 5.11 Å². The molecule has 0 aliphatic carbocycles. The molecule has 0 aliphatic heterocycles. The van der Waals surface area contributed by atoms with Gasteiger partial charge in [-0.25, -0.2) is 5.53 Å². The summed E-state index contributed by atoms with van der Waals surface area (Å²) in [6.07, 6.45) is 0. The molecule has 0 aliphatic rings. The minimum absolute atomic E-state index is 0.247. The highest BCUT2D eigenvalue weighted by molar-refractivity contribution is 6.35. The molecule has 2 N–H and O–H groups in total. The van der Waals surface area contributed by atoms with E-state index in [0.29, 0.717) is 6.61 Å². The van der Waals surface area contributed by atoms with Crippen molar-refractivity contribution in [1.29, 1.82) is 5.53 Å². The fourth-order valence-electron chi connectivity index (χ4n) is 0.393. The Labute approximate surface area is 63.4 Å². The van der Waals surface area contributed by atoms with Gasteiger partial charge in [0.15, 0.2) is 0 Å². The van der Waals surface area contributed by atoms with Crippen LogP contribution in [0.5, 0.6) is 0 Å². The van der Waals surface area contributed by atoms with Gasteiger partial charge in [-0.3, -0.25) is 9.59 Å². The molecule has 0 aromatic heterocycles. The number of ether oxygens (including phenoxy) is 1. The summed E-state index contributed by atoms with van der Waals surface area (Å²) in [4.78, 5) is 20.8. The summed E-state index contributed by atoms with van der Waals surface area (Å²) in [5.74, 6) is -1.97. The van der Waals surface area contributed by atoms with Crippen LogP contribution in [0.4, 0.5) is 0 Å². The molecule has 0 radical (unpaired) electrons. The molecule has 0 heterocycles. The van der Waals surface area contributed by atoms with Crippen LogP contribution >= 0.6 is 0 Å². The van der Waals surface area contributed by atoms with Crippen molar-refractivity contribution in [3.63, 3.8) is 0 Å². The molecular formula is C5H9N3O3. The maximum absolute atomic E-state index is 10.5. The summed E-state index contributed by atoms with van der Waals surface area (Å²) in [6, 6.07) is 0. The van der Waals surface area contributed by atoms with Crippen LogP contribution in [0.3, 0.4) is 0 Å². The summed E-state index contributed by atoms with van der Waals surface area (Å²) in [7, 11) is 1.48. The molecule has 0 atom stereocenters. The maximum atomic E-state index is 10.5. The number of methoxy groups -OCH3 is 1. The van der Waals surface area contributed by atoms with Crippen molar-refractivity contribution < 1.29 is 14.3 Å².